The van der Waals surface area contributed by atoms with Gasteiger partial charge in [0.25, 0.3) is 0 Å². The molecule has 0 aliphatic heterocycles. The van der Waals surface area contributed by atoms with Gasteiger partial charge in [-0.1, -0.05) is 208 Å². The molecule has 1 aliphatic carbocycles. The number of hydrogen-bond donors (Lipinski definition) is 0. The molecule has 13 rings (SSSR count). The highest BCUT2D eigenvalue weighted by molar-refractivity contribution is 6.22. The van der Waals surface area contributed by atoms with E-state index in [9.17, 15) is 0 Å². The van der Waals surface area contributed by atoms with Gasteiger partial charge in [-0.15, -0.1) is 0 Å². The molecule has 0 radical (unpaired) electrons. The van der Waals surface area contributed by atoms with Crippen LogP contribution in [-0.4, -0.2) is 0 Å². The van der Waals surface area contributed by atoms with Crippen molar-refractivity contribution in [2.24, 2.45) is 0 Å². The third kappa shape index (κ3) is 4.97. The highest BCUT2D eigenvalue weighted by atomic mass is 16.3. The Kier molecular flexibility index (Phi) is 7.42. The lowest BCUT2D eigenvalue weighted by atomic mass is 9.79. The zero-order valence-corrected chi connectivity index (χ0v) is 34.5. The van der Waals surface area contributed by atoms with E-state index in [1.165, 1.54) is 98.7 Å². The van der Waals surface area contributed by atoms with Crippen LogP contribution in [0.3, 0.4) is 0 Å². The molecular weight excluding hydrogens is 749 g/mol. The summed E-state index contributed by atoms with van der Waals surface area (Å²) in [6.45, 7) is 4.79. The predicted molar refractivity (Wildman–Crippen MR) is 263 cm³/mol. The third-order valence-electron chi connectivity index (χ3n) is 13.8. The van der Waals surface area contributed by atoms with Gasteiger partial charge >= 0.3 is 0 Å². The fourth-order valence-corrected chi connectivity index (χ4v) is 11.1. The van der Waals surface area contributed by atoms with Gasteiger partial charge < -0.3 is 4.42 Å². The summed E-state index contributed by atoms with van der Waals surface area (Å²) in [6, 6.07) is 76.0. The van der Waals surface area contributed by atoms with Crippen LogP contribution in [0.1, 0.15) is 25.0 Å². The molecule has 0 saturated carbocycles. The van der Waals surface area contributed by atoms with Crippen LogP contribution in [0.5, 0.6) is 0 Å². The van der Waals surface area contributed by atoms with Gasteiger partial charge in [0, 0.05) is 21.8 Å². The Balaban J connectivity index is 0.916. The molecule has 12 aromatic rings. The Bertz CT molecular complexity index is 3750. The quantitative estimate of drug-likeness (QED) is 0.128. The Morgan fingerprint density at radius 2 is 0.742 bits per heavy atom. The lowest BCUT2D eigenvalue weighted by Gasteiger charge is -2.24. The maximum atomic E-state index is 6.42. The second kappa shape index (κ2) is 13.1. The average Bonchev–Trinajstić information content (AvgIpc) is 3.83. The summed E-state index contributed by atoms with van der Waals surface area (Å²) >= 11 is 0. The topological polar surface area (TPSA) is 13.1 Å². The number of rotatable bonds is 4. The molecule has 1 heteroatoms. The average molecular weight is 789 g/mol. The van der Waals surface area contributed by atoms with Crippen molar-refractivity contribution in [2.75, 3.05) is 0 Å². The molecule has 11 aromatic carbocycles. The van der Waals surface area contributed by atoms with Crippen molar-refractivity contribution in [2.45, 2.75) is 19.3 Å². The second-order valence-corrected chi connectivity index (χ2v) is 17.5. The molecule has 0 N–H and O–H groups in total. The maximum Gasteiger partial charge on any atom is 0.143 e. The van der Waals surface area contributed by atoms with Gasteiger partial charge in [-0.2, -0.15) is 0 Å². The molecular formula is C61H40O. The molecule has 0 atom stereocenters. The summed E-state index contributed by atoms with van der Waals surface area (Å²) in [6.07, 6.45) is 0. The van der Waals surface area contributed by atoms with Gasteiger partial charge in [-0.3, -0.25) is 0 Å². The van der Waals surface area contributed by atoms with Crippen molar-refractivity contribution >= 4 is 65.0 Å². The Morgan fingerprint density at radius 1 is 0.306 bits per heavy atom. The first kappa shape index (κ1) is 35.1. The van der Waals surface area contributed by atoms with Gasteiger partial charge in [-0.05, 0) is 116 Å². The summed E-state index contributed by atoms with van der Waals surface area (Å²) in [5, 5.41) is 12.6. The Hall–Kier alpha value is -7.74. The molecule has 1 aliphatic rings. The van der Waals surface area contributed by atoms with Gasteiger partial charge in [0.05, 0.1) is 0 Å². The number of furan rings is 1. The first-order chi connectivity index (χ1) is 30.5. The molecule has 0 spiro atoms. The lowest BCUT2D eigenvalue weighted by molar-refractivity contribution is 0.666. The zero-order valence-electron chi connectivity index (χ0n) is 34.5. The third-order valence-corrected chi connectivity index (χ3v) is 13.8. The molecule has 1 nitrogen and oxygen atoms in total. The van der Waals surface area contributed by atoms with Crippen LogP contribution in [0.2, 0.25) is 0 Å². The van der Waals surface area contributed by atoms with Crippen LogP contribution in [0.4, 0.5) is 0 Å². The SMILES string of the molecule is CC1(C)c2ccc(-c3ccc(-c4c5ccccc5c(-c5ccc(-c6cccc7c6oc6ccccc67)cc5)c5ccccc45)cc3)cc2-c2c1c1ccccc1c1ccccc21. The lowest BCUT2D eigenvalue weighted by Crippen LogP contribution is -2.15. The minimum absolute atomic E-state index is 0.114. The van der Waals surface area contributed by atoms with Crippen LogP contribution in [0.15, 0.2) is 211 Å². The highest BCUT2D eigenvalue weighted by Gasteiger charge is 2.38. The van der Waals surface area contributed by atoms with E-state index in [4.69, 9.17) is 4.42 Å². The molecule has 1 aromatic heterocycles. The van der Waals surface area contributed by atoms with E-state index in [1.807, 2.05) is 12.1 Å². The first-order valence-corrected chi connectivity index (χ1v) is 21.7. The van der Waals surface area contributed by atoms with Crippen LogP contribution < -0.4 is 0 Å². The summed E-state index contributed by atoms with van der Waals surface area (Å²) in [5.41, 5.74) is 16.9. The first-order valence-electron chi connectivity index (χ1n) is 21.7. The van der Waals surface area contributed by atoms with E-state index >= 15 is 0 Å². The zero-order chi connectivity index (χ0) is 41.1. The number of fused-ring (bicyclic) bond motifs is 13. The standard InChI is InChI=1S/C61H40O/c1-61(2)54-35-34-41(36-53(54)58-46-17-5-3-14-43(46)44-15-4-10-22-51(44)59(58)61)37-26-30-39(31-27-37)56-47-18-6-8-20-49(47)57(50-21-9-7-19-48(50)56)40-32-28-38(29-33-40)42-23-13-24-52-45-16-11-12-25-55(45)62-60(42)52/h3-36H,1-2H3. The van der Waals surface area contributed by atoms with Gasteiger partial charge in [0.2, 0.25) is 0 Å². The van der Waals surface area contributed by atoms with E-state index in [1.54, 1.807) is 0 Å². The van der Waals surface area contributed by atoms with Gasteiger partial charge in [0.15, 0.2) is 0 Å². The molecule has 0 amide bonds. The van der Waals surface area contributed by atoms with Crippen molar-refractivity contribution in [3.63, 3.8) is 0 Å². The molecule has 0 unspecified atom stereocenters. The highest BCUT2D eigenvalue weighted by Crippen LogP contribution is 2.55. The fraction of sp³-hybridized carbons (Fsp3) is 0.0492. The number of para-hydroxylation sites is 2. The van der Waals surface area contributed by atoms with Crippen LogP contribution in [-0.2, 0) is 5.41 Å². The maximum absolute atomic E-state index is 6.42. The summed E-state index contributed by atoms with van der Waals surface area (Å²) in [5.74, 6) is 0. The molecule has 0 saturated heterocycles. The van der Waals surface area contributed by atoms with Crippen molar-refractivity contribution in [3.05, 3.63) is 217 Å². The summed E-state index contributed by atoms with van der Waals surface area (Å²) < 4.78 is 6.42. The number of hydrogen-bond acceptors (Lipinski definition) is 1. The van der Waals surface area contributed by atoms with Crippen molar-refractivity contribution in [1.29, 1.82) is 0 Å². The second-order valence-electron chi connectivity index (χ2n) is 17.5. The van der Waals surface area contributed by atoms with Gasteiger partial charge in [-0.25, -0.2) is 0 Å². The summed E-state index contributed by atoms with van der Waals surface area (Å²) in [4.78, 5) is 0. The molecule has 62 heavy (non-hydrogen) atoms. The molecule has 1 heterocycles. The van der Waals surface area contributed by atoms with E-state index in [2.05, 4.69) is 208 Å². The van der Waals surface area contributed by atoms with Crippen LogP contribution in [0.25, 0.3) is 121 Å². The largest absolute Gasteiger partial charge is 0.455 e. The fourth-order valence-electron chi connectivity index (χ4n) is 11.1. The minimum Gasteiger partial charge on any atom is -0.455 e. The Labute approximate surface area is 360 Å². The van der Waals surface area contributed by atoms with E-state index in [0.29, 0.717) is 0 Å². The predicted octanol–water partition coefficient (Wildman–Crippen LogP) is 17.2. The smallest absolute Gasteiger partial charge is 0.143 e. The molecule has 290 valence electrons. The van der Waals surface area contributed by atoms with Crippen molar-refractivity contribution in [1.82, 2.24) is 0 Å². The molecule has 0 fully saturated rings. The normalized spacial score (nSPS) is 13.1. The monoisotopic (exact) mass is 788 g/mol. The number of benzene rings is 11. The molecule has 0 bridgehead atoms. The van der Waals surface area contributed by atoms with Crippen LogP contribution in [0, 0.1) is 0 Å². The van der Waals surface area contributed by atoms with E-state index < -0.39 is 0 Å². The van der Waals surface area contributed by atoms with E-state index in [-0.39, 0.29) is 5.41 Å². The van der Waals surface area contributed by atoms with Crippen LogP contribution >= 0.6 is 0 Å². The summed E-state index contributed by atoms with van der Waals surface area (Å²) in [7, 11) is 0. The minimum atomic E-state index is -0.114. The van der Waals surface area contributed by atoms with Gasteiger partial charge in [0.1, 0.15) is 11.2 Å². The van der Waals surface area contributed by atoms with E-state index in [0.717, 1.165) is 33.1 Å². The van der Waals surface area contributed by atoms with Crippen molar-refractivity contribution in [3.8, 4) is 55.6 Å². The Morgan fingerprint density at radius 3 is 1.34 bits per heavy atom. The van der Waals surface area contributed by atoms with Crippen molar-refractivity contribution < 1.29 is 4.42 Å².